The molecule has 20 heavy (non-hydrogen) atoms. The molecular formula is C14H21NO4S. The molecule has 2 rings (SSSR count). The van der Waals surface area contributed by atoms with Crippen LogP contribution in [0.1, 0.15) is 24.0 Å². The van der Waals surface area contributed by atoms with E-state index in [1.165, 1.54) is 10.4 Å². The number of likely N-dealkylation sites (N-methyl/N-ethyl adjacent to an activating group) is 1. The summed E-state index contributed by atoms with van der Waals surface area (Å²) in [6, 6.07) is 4.84. The number of benzene rings is 1. The zero-order valence-corrected chi connectivity index (χ0v) is 12.7. The first-order chi connectivity index (χ1) is 9.45. The van der Waals surface area contributed by atoms with Gasteiger partial charge in [-0.1, -0.05) is 6.07 Å². The van der Waals surface area contributed by atoms with Gasteiger partial charge < -0.3 is 9.84 Å². The number of sulfonamides is 1. The highest BCUT2D eigenvalue weighted by molar-refractivity contribution is 7.89. The fourth-order valence-corrected chi connectivity index (χ4v) is 3.59. The summed E-state index contributed by atoms with van der Waals surface area (Å²) in [5.41, 5.74) is 1.52. The summed E-state index contributed by atoms with van der Waals surface area (Å²) in [5, 5.41) is 9.25. The van der Waals surface area contributed by atoms with Gasteiger partial charge in [0.2, 0.25) is 10.0 Å². The number of aliphatic hydroxyl groups excluding tert-OH is 1. The Morgan fingerprint density at radius 2 is 2.20 bits per heavy atom. The molecule has 0 radical (unpaired) electrons. The fourth-order valence-electron chi connectivity index (χ4n) is 2.33. The topological polar surface area (TPSA) is 66.8 Å². The second-order valence-corrected chi connectivity index (χ2v) is 7.21. The third kappa shape index (κ3) is 3.20. The predicted molar refractivity (Wildman–Crippen MR) is 75.9 cm³/mol. The Morgan fingerprint density at radius 1 is 1.45 bits per heavy atom. The smallest absolute Gasteiger partial charge is 0.242 e. The predicted octanol–water partition coefficient (Wildman–Crippen LogP) is 1.29. The third-order valence-corrected chi connectivity index (χ3v) is 5.50. The first-order valence-corrected chi connectivity index (χ1v) is 8.17. The highest BCUT2D eigenvalue weighted by Gasteiger charge is 2.26. The molecule has 1 N–H and O–H groups in total. The van der Waals surface area contributed by atoms with E-state index in [2.05, 4.69) is 0 Å². The lowest BCUT2D eigenvalue weighted by Crippen LogP contribution is -2.34. The van der Waals surface area contributed by atoms with E-state index in [1.807, 2.05) is 6.92 Å². The fraction of sp³-hybridized carbons (Fsp3) is 0.571. The van der Waals surface area contributed by atoms with Gasteiger partial charge in [-0.3, -0.25) is 0 Å². The molecule has 0 amide bonds. The number of nitrogens with zero attached hydrogens (tertiary/aromatic N) is 1. The van der Waals surface area contributed by atoms with Crippen molar-refractivity contribution < 1.29 is 18.3 Å². The standard InChI is InChI=1S/C14H21NO4S/c1-11-5-6-14(8-12(11)10-16)20(17,18)15(2)9-13-4-3-7-19-13/h5-6,8,13,16H,3-4,7,9-10H2,1-2H3. The lowest BCUT2D eigenvalue weighted by atomic mass is 10.1. The van der Waals surface area contributed by atoms with Crippen molar-refractivity contribution in [1.29, 1.82) is 0 Å². The first-order valence-electron chi connectivity index (χ1n) is 6.73. The number of aryl methyl sites for hydroxylation is 1. The highest BCUT2D eigenvalue weighted by Crippen LogP contribution is 2.21. The van der Waals surface area contributed by atoms with Crippen molar-refractivity contribution in [3.05, 3.63) is 29.3 Å². The van der Waals surface area contributed by atoms with Gasteiger partial charge in [0.15, 0.2) is 0 Å². The van der Waals surface area contributed by atoms with Crippen LogP contribution in [0.5, 0.6) is 0 Å². The quantitative estimate of drug-likeness (QED) is 0.889. The monoisotopic (exact) mass is 299 g/mol. The molecule has 1 aromatic carbocycles. The summed E-state index contributed by atoms with van der Waals surface area (Å²) >= 11 is 0. The van der Waals surface area contributed by atoms with Gasteiger partial charge in [0.25, 0.3) is 0 Å². The molecule has 5 nitrogen and oxygen atoms in total. The number of ether oxygens (including phenoxy) is 1. The normalized spacial score (nSPS) is 19.7. The summed E-state index contributed by atoms with van der Waals surface area (Å²) in [4.78, 5) is 0.215. The molecule has 1 aliphatic rings. The zero-order chi connectivity index (χ0) is 14.8. The van der Waals surface area contributed by atoms with Gasteiger partial charge in [-0.15, -0.1) is 0 Å². The summed E-state index contributed by atoms with van der Waals surface area (Å²) in [7, 11) is -1.97. The van der Waals surface area contributed by atoms with Crippen LogP contribution in [-0.2, 0) is 21.4 Å². The minimum Gasteiger partial charge on any atom is -0.392 e. The van der Waals surface area contributed by atoms with Crippen molar-refractivity contribution in [3.63, 3.8) is 0 Å². The summed E-state index contributed by atoms with van der Waals surface area (Å²) < 4.78 is 31.8. The number of hydrogen-bond donors (Lipinski definition) is 1. The summed E-state index contributed by atoms with van der Waals surface area (Å²) in [5.74, 6) is 0. The van der Waals surface area contributed by atoms with Gasteiger partial charge in [-0.05, 0) is 43.0 Å². The highest BCUT2D eigenvalue weighted by atomic mass is 32.2. The van der Waals surface area contributed by atoms with Crippen LogP contribution in [0.2, 0.25) is 0 Å². The first kappa shape index (κ1) is 15.4. The van der Waals surface area contributed by atoms with Crippen molar-refractivity contribution in [3.8, 4) is 0 Å². The molecule has 0 aromatic heterocycles. The zero-order valence-electron chi connectivity index (χ0n) is 11.9. The van der Waals surface area contributed by atoms with Gasteiger partial charge in [0.1, 0.15) is 0 Å². The van der Waals surface area contributed by atoms with E-state index in [0.29, 0.717) is 18.7 Å². The van der Waals surface area contributed by atoms with Crippen molar-refractivity contribution in [1.82, 2.24) is 4.31 Å². The molecular weight excluding hydrogens is 278 g/mol. The van der Waals surface area contributed by atoms with Crippen molar-refractivity contribution in [2.24, 2.45) is 0 Å². The molecule has 0 spiro atoms. The van der Waals surface area contributed by atoms with Gasteiger partial charge in [-0.2, -0.15) is 4.31 Å². The van der Waals surface area contributed by atoms with Crippen LogP contribution in [0.3, 0.4) is 0 Å². The average Bonchev–Trinajstić information content (AvgIpc) is 2.91. The molecule has 112 valence electrons. The Hall–Kier alpha value is -0.950. The average molecular weight is 299 g/mol. The van der Waals surface area contributed by atoms with Crippen LogP contribution in [0.4, 0.5) is 0 Å². The summed E-state index contributed by atoms with van der Waals surface area (Å²) in [6.45, 7) is 2.76. The SMILES string of the molecule is Cc1ccc(S(=O)(=O)N(C)CC2CCCO2)cc1CO. The van der Waals surface area contributed by atoms with E-state index >= 15 is 0 Å². The second-order valence-electron chi connectivity index (χ2n) is 5.17. The molecule has 1 heterocycles. The molecule has 1 aliphatic heterocycles. The van der Waals surface area contributed by atoms with Crippen LogP contribution in [0, 0.1) is 6.92 Å². The molecule has 0 bridgehead atoms. The van der Waals surface area contributed by atoms with Crippen LogP contribution in [0.15, 0.2) is 23.1 Å². The Kier molecular flexibility index (Phi) is 4.80. The van der Waals surface area contributed by atoms with Crippen molar-refractivity contribution in [2.75, 3.05) is 20.2 Å². The molecule has 1 fully saturated rings. The minimum absolute atomic E-state index is 0.0162. The van der Waals surface area contributed by atoms with E-state index in [1.54, 1.807) is 19.2 Å². The Morgan fingerprint density at radius 3 is 2.80 bits per heavy atom. The molecule has 1 atom stereocenters. The van der Waals surface area contributed by atoms with Gasteiger partial charge >= 0.3 is 0 Å². The third-order valence-electron chi connectivity index (χ3n) is 3.68. The van der Waals surface area contributed by atoms with Gasteiger partial charge in [0.05, 0.1) is 17.6 Å². The number of aliphatic hydroxyl groups is 1. The summed E-state index contributed by atoms with van der Waals surface area (Å²) in [6.07, 6.45) is 1.87. The van der Waals surface area contributed by atoms with Gasteiger partial charge in [0, 0.05) is 20.2 Å². The largest absolute Gasteiger partial charge is 0.392 e. The van der Waals surface area contributed by atoms with E-state index in [-0.39, 0.29) is 17.6 Å². The molecule has 1 saturated heterocycles. The molecule has 1 aromatic rings. The maximum atomic E-state index is 12.5. The lowest BCUT2D eigenvalue weighted by Gasteiger charge is -2.21. The molecule has 0 aliphatic carbocycles. The van der Waals surface area contributed by atoms with Crippen LogP contribution in [-0.4, -0.2) is 44.1 Å². The van der Waals surface area contributed by atoms with E-state index in [4.69, 9.17) is 4.74 Å². The van der Waals surface area contributed by atoms with E-state index < -0.39 is 10.0 Å². The second kappa shape index (κ2) is 6.22. The maximum absolute atomic E-state index is 12.5. The molecule has 0 saturated carbocycles. The molecule has 1 unspecified atom stereocenters. The van der Waals surface area contributed by atoms with Crippen LogP contribution >= 0.6 is 0 Å². The Balaban J connectivity index is 2.20. The number of hydrogen-bond acceptors (Lipinski definition) is 4. The maximum Gasteiger partial charge on any atom is 0.242 e. The van der Waals surface area contributed by atoms with E-state index in [9.17, 15) is 13.5 Å². The minimum atomic E-state index is -3.53. The van der Waals surface area contributed by atoms with Crippen molar-refractivity contribution in [2.45, 2.75) is 37.4 Å². The van der Waals surface area contributed by atoms with Crippen LogP contribution < -0.4 is 0 Å². The Bertz CT molecular complexity index is 565. The van der Waals surface area contributed by atoms with Crippen LogP contribution in [0.25, 0.3) is 0 Å². The molecule has 6 heteroatoms. The Labute approximate surface area is 120 Å². The number of rotatable bonds is 5. The lowest BCUT2D eigenvalue weighted by molar-refractivity contribution is 0.0979. The van der Waals surface area contributed by atoms with Crippen molar-refractivity contribution >= 4 is 10.0 Å². The van der Waals surface area contributed by atoms with Gasteiger partial charge in [-0.25, -0.2) is 8.42 Å². The van der Waals surface area contributed by atoms with E-state index in [0.717, 1.165) is 18.4 Å².